The first-order valence-electron chi connectivity index (χ1n) is 9.73. The highest BCUT2D eigenvalue weighted by atomic mass is 79.9. The number of nitro groups is 1. The molecule has 0 saturated carbocycles. The maximum atomic E-state index is 12.0. The first kappa shape index (κ1) is 21.2. The van der Waals surface area contributed by atoms with Gasteiger partial charge in [0.1, 0.15) is 5.69 Å². The molecule has 32 heavy (non-hydrogen) atoms. The average Bonchev–Trinajstić information content (AvgIpc) is 2.80. The Bertz CT molecular complexity index is 1250. The number of rotatable bonds is 7. The van der Waals surface area contributed by atoms with Gasteiger partial charge in [0.25, 0.3) is 0 Å². The van der Waals surface area contributed by atoms with Crippen molar-refractivity contribution < 1.29 is 4.92 Å². The van der Waals surface area contributed by atoms with Gasteiger partial charge in [-0.15, -0.1) is 0 Å². The van der Waals surface area contributed by atoms with Crippen LogP contribution < -0.4 is 10.6 Å². The summed E-state index contributed by atoms with van der Waals surface area (Å²) in [5.74, 6) is 0.348. The van der Waals surface area contributed by atoms with Gasteiger partial charge >= 0.3 is 5.69 Å². The van der Waals surface area contributed by atoms with Crippen LogP contribution in [0.3, 0.4) is 0 Å². The maximum absolute atomic E-state index is 12.0. The van der Waals surface area contributed by atoms with E-state index in [-0.39, 0.29) is 23.1 Å². The van der Waals surface area contributed by atoms with E-state index in [1.807, 2.05) is 84.9 Å². The molecular weight excluding hydrogens is 470 g/mol. The van der Waals surface area contributed by atoms with E-state index in [9.17, 15) is 10.1 Å². The first-order chi connectivity index (χ1) is 15.6. The van der Waals surface area contributed by atoms with Crippen molar-refractivity contribution >= 4 is 56.9 Å². The third-order valence-electron chi connectivity index (χ3n) is 4.46. The van der Waals surface area contributed by atoms with Crippen molar-refractivity contribution in [2.24, 2.45) is 0 Å². The Kier molecular flexibility index (Phi) is 6.52. The van der Waals surface area contributed by atoms with Gasteiger partial charge in [-0.05, 0) is 48.0 Å². The molecule has 3 aromatic carbocycles. The molecule has 0 aliphatic carbocycles. The molecule has 7 nitrogen and oxygen atoms in total. The van der Waals surface area contributed by atoms with Gasteiger partial charge < -0.3 is 10.6 Å². The van der Waals surface area contributed by atoms with E-state index in [1.165, 1.54) is 0 Å². The number of hydrogen-bond donors (Lipinski definition) is 2. The second kappa shape index (κ2) is 9.84. The Morgan fingerprint density at radius 1 is 0.781 bits per heavy atom. The average molecular weight is 488 g/mol. The van der Waals surface area contributed by atoms with Crippen LogP contribution in [0.2, 0.25) is 0 Å². The zero-order valence-corrected chi connectivity index (χ0v) is 18.4. The minimum atomic E-state index is -0.473. The summed E-state index contributed by atoms with van der Waals surface area (Å²) in [6, 6.07) is 26.2. The lowest BCUT2D eigenvalue weighted by Crippen LogP contribution is -2.07. The highest BCUT2D eigenvalue weighted by molar-refractivity contribution is 9.10. The summed E-state index contributed by atoms with van der Waals surface area (Å²) < 4.78 is 0.950. The van der Waals surface area contributed by atoms with Crippen LogP contribution >= 0.6 is 15.9 Å². The summed E-state index contributed by atoms with van der Waals surface area (Å²) in [7, 11) is 0. The topological polar surface area (TPSA) is 93.0 Å². The number of benzene rings is 3. The van der Waals surface area contributed by atoms with Gasteiger partial charge in [0.15, 0.2) is 0 Å². The Labute approximate surface area is 193 Å². The number of nitrogens with one attached hydrogen (secondary N) is 2. The van der Waals surface area contributed by atoms with E-state index in [2.05, 4.69) is 36.5 Å². The molecule has 0 radical (unpaired) electrons. The van der Waals surface area contributed by atoms with Gasteiger partial charge in [-0.25, -0.2) is 4.98 Å². The van der Waals surface area contributed by atoms with Crippen molar-refractivity contribution in [3.63, 3.8) is 0 Å². The fraction of sp³-hybridized carbons (Fsp3) is 0. The molecule has 0 saturated heterocycles. The van der Waals surface area contributed by atoms with Gasteiger partial charge in [-0.2, -0.15) is 4.98 Å². The molecule has 0 aliphatic rings. The number of anilines is 4. The molecular formula is C24H18BrN5O2. The second-order valence-corrected chi connectivity index (χ2v) is 7.67. The van der Waals surface area contributed by atoms with E-state index in [4.69, 9.17) is 0 Å². The molecule has 158 valence electrons. The van der Waals surface area contributed by atoms with Crippen LogP contribution in [0, 0.1) is 10.1 Å². The highest BCUT2D eigenvalue weighted by Crippen LogP contribution is 2.32. The zero-order chi connectivity index (χ0) is 22.3. The summed E-state index contributed by atoms with van der Waals surface area (Å²) in [5.41, 5.74) is 2.32. The lowest BCUT2D eigenvalue weighted by Gasteiger charge is -2.11. The Balaban J connectivity index is 1.79. The number of aromatic nitrogens is 2. The van der Waals surface area contributed by atoms with Crippen LogP contribution in [0.15, 0.2) is 89.4 Å². The van der Waals surface area contributed by atoms with E-state index in [0.29, 0.717) is 5.69 Å². The number of para-hydroxylation sites is 2. The molecule has 2 N–H and O–H groups in total. The predicted molar refractivity (Wildman–Crippen MR) is 131 cm³/mol. The van der Waals surface area contributed by atoms with E-state index in [0.717, 1.165) is 15.7 Å². The molecule has 0 spiro atoms. The molecule has 4 rings (SSSR count). The summed E-state index contributed by atoms with van der Waals surface area (Å²) in [6.07, 6.45) is 3.40. The summed E-state index contributed by atoms with van der Waals surface area (Å²) in [5, 5.41) is 18.2. The van der Waals surface area contributed by atoms with Gasteiger partial charge in [-0.1, -0.05) is 70.5 Å². The Morgan fingerprint density at radius 2 is 1.38 bits per heavy atom. The van der Waals surface area contributed by atoms with Crippen molar-refractivity contribution in [1.82, 2.24) is 9.97 Å². The lowest BCUT2D eigenvalue weighted by molar-refractivity contribution is -0.384. The fourth-order valence-electron chi connectivity index (χ4n) is 2.97. The summed E-state index contributed by atoms with van der Waals surface area (Å²) in [6.45, 7) is 0. The molecule has 1 aromatic heterocycles. The van der Waals surface area contributed by atoms with Crippen molar-refractivity contribution in [2.75, 3.05) is 10.6 Å². The van der Waals surface area contributed by atoms with Crippen LogP contribution in [0.4, 0.5) is 28.8 Å². The Morgan fingerprint density at radius 3 is 1.97 bits per heavy atom. The molecule has 4 aromatic rings. The minimum absolute atomic E-state index is 0.102. The number of nitrogens with zero attached hydrogens (tertiary/aromatic N) is 3. The molecule has 0 bridgehead atoms. The molecule has 0 unspecified atom stereocenters. The van der Waals surface area contributed by atoms with Gasteiger partial charge in [0.2, 0.25) is 11.8 Å². The lowest BCUT2D eigenvalue weighted by atomic mass is 10.2. The molecule has 0 fully saturated rings. The minimum Gasteiger partial charge on any atom is -0.334 e. The smallest absolute Gasteiger partial charge is 0.334 e. The number of hydrogen-bond acceptors (Lipinski definition) is 6. The van der Waals surface area contributed by atoms with Crippen molar-refractivity contribution in [3.05, 3.63) is 111 Å². The Hall–Kier alpha value is -4.04. The summed E-state index contributed by atoms with van der Waals surface area (Å²) >= 11 is 3.40. The molecule has 0 amide bonds. The molecule has 0 aliphatic heterocycles. The third-order valence-corrected chi connectivity index (χ3v) is 4.99. The maximum Gasteiger partial charge on any atom is 0.337 e. The summed E-state index contributed by atoms with van der Waals surface area (Å²) in [4.78, 5) is 20.3. The molecule has 0 atom stereocenters. The van der Waals surface area contributed by atoms with E-state index >= 15 is 0 Å². The SMILES string of the molecule is O=[N+]([O-])c1c(/C=C/c2ccc(Br)cc2)nc(Nc2ccccc2)nc1Nc1ccccc1. The normalized spacial score (nSPS) is 10.8. The van der Waals surface area contributed by atoms with Crippen molar-refractivity contribution in [1.29, 1.82) is 0 Å². The van der Waals surface area contributed by atoms with Crippen LogP contribution in [-0.4, -0.2) is 14.9 Å². The quantitative estimate of drug-likeness (QED) is 0.219. The van der Waals surface area contributed by atoms with Crippen LogP contribution in [0.25, 0.3) is 12.2 Å². The van der Waals surface area contributed by atoms with E-state index < -0.39 is 4.92 Å². The highest BCUT2D eigenvalue weighted by Gasteiger charge is 2.24. The largest absolute Gasteiger partial charge is 0.337 e. The van der Waals surface area contributed by atoms with Crippen LogP contribution in [0.5, 0.6) is 0 Å². The number of halogens is 1. The van der Waals surface area contributed by atoms with Crippen molar-refractivity contribution in [3.8, 4) is 0 Å². The van der Waals surface area contributed by atoms with Gasteiger partial charge in [0.05, 0.1) is 4.92 Å². The second-order valence-electron chi connectivity index (χ2n) is 6.75. The standard InChI is InChI=1S/C24H18BrN5O2/c25-18-14-11-17(12-15-18)13-16-21-22(30(31)32)23(26-19-7-3-1-4-8-19)29-24(28-21)27-20-9-5-2-6-10-20/h1-16H,(H2,26,27,28,29)/b16-13+. The third kappa shape index (κ3) is 5.35. The van der Waals surface area contributed by atoms with Crippen molar-refractivity contribution in [2.45, 2.75) is 0 Å². The molecule has 8 heteroatoms. The zero-order valence-electron chi connectivity index (χ0n) is 16.8. The van der Waals surface area contributed by atoms with Gasteiger partial charge in [0, 0.05) is 15.8 Å². The molecule has 1 heterocycles. The van der Waals surface area contributed by atoms with Gasteiger partial charge in [-0.3, -0.25) is 10.1 Å². The van der Waals surface area contributed by atoms with Crippen LogP contribution in [-0.2, 0) is 0 Å². The fourth-order valence-corrected chi connectivity index (χ4v) is 3.23. The predicted octanol–water partition coefficient (Wildman–Crippen LogP) is 6.80. The first-order valence-corrected chi connectivity index (χ1v) is 10.5. The van der Waals surface area contributed by atoms with Crippen LogP contribution in [0.1, 0.15) is 11.3 Å². The van der Waals surface area contributed by atoms with E-state index in [1.54, 1.807) is 12.2 Å². The monoisotopic (exact) mass is 487 g/mol.